The lowest BCUT2D eigenvalue weighted by atomic mass is 9.87. The predicted octanol–water partition coefficient (Wildman–Crippen LogP) is 3.66. The highest BCUT2D eigenvalue weighted by atomic mass is 127. The van der Waals surface area contributed by atoms with Gasteiger partial charge in [-0.3, -0.25) is 20.4 Å². The third-order valence-corrected chi connectivity index (χ3v) is 4.13. The summed E-state index contributed by atoms with van der Waals surface area (Å²) in [5.41, 5.74) is 7.03. The highest BCUT2D eigenvalue weighted by Crippen LogP contribution is 2.22. The van der Waals surface area contributed by atoms with Gasteiger partial charge in [0.2, 0.25) is 0 Å². The fourth-order valence-corrected chi connectivity index (χ4v) is 2.34. The highest BCUT2D eigenvalue weighted by molar-refractivity contribution is 14.1. The number of hydrazine groups is 1. The zero-order valence-electron chi connectivity index (χ0n) is 13.3. The van der Waals surface area contributed by atoms with Gasteiger partial charge in [0.15, 0.2) is 0 Å². The monoisotopic (exact) mass is 422 g/mol. The topological polar surface area (TPSA) is 58.2 Å². The van der Waals surface area contributed by atoms with Crippen molar-refractivity contribution in [1.29, 1.82) is 0 Å². The SMILES string of the molecule is CC(C)(C)c1ccc(C(=O)NNC(=O)c2ccc(I)cc2)cc1. The summed E-state index contributed by atoms with van der Waals surface area (Å²) in [7, 11) is 0. The van der Waals surface area contributed by atoms with Crippen LogP contribution in [0.15, 0.2) is 48.5 Å². The van der Waals surface area contributed by atoms with Gasteiger partial charge in [0.05, 0.1) is 0 Å². The molecule has 4 nitrogen and oxygen atoms in total. The lowest BCUT2D eigenvalue weighted by Gasteiger charge is -2.19. The van der Waals surface area contributed by atoms with Gasteiger partial charge in [0, 0.05) is 14.7 Å². The summed E-state index contributed by atoms with van der Waals surface area (Å²) in [5.74, 6) is -0.689. The molecule has 2 amide bonds. The number of benzene rings is 2. The molecule has 0 radical (unpaired) electrons. The van der Waals surface area contributed by atoms with Gasteiger partial charge in [0.1, 0.15) is 0 Å². The quantitative estimate of drug-likeness (QED) is 0.574. The number of halogens is 1. The van der Waals surface area contributed by atoms with Crippen LogP contribution >= 0.6 is 22.6 Å². The molecule has 0 saturated heterocycles. The van der Waals surface area contributed by atoms with E-state index in [4.69, 9.17) is 0 Å². The molecule has 0 bridgehead atoms. The van der Waals surface area contributed by atoms with Gasteiger partial charge in [-0.2, -0.15) is 0 Å². The molecular formula is C18H19IN2O2. The number of carbonyl (C=O) groups is 2. The molecule has 2 aromatic rings. The first-order valence-corrected chi connectivity index (χ1v) is 8.32. The van der Waals surface area contributed by atoms with Crippen LogP contribution in [0.5, 0.6) is 0 Å². The van der Waals surface area contributed by atoms with Gasteiger partial charge in [-0.05, 0) is 70.0 Å². The van der Waals surface area contributed by atoms with Crippen molar-refractivity contribution < 1.29 is 9.59 Å². The van der Waals surface area contributed by atoms with Crippen molar-refractivity contribution in [1.82, 2.24) is 10.9 Å². The standard InChI is InChI=1S/C18H19IN2O2/c1-18(2,3)14-8-4-12(5-9-14)16(22)20-21-17(23)13-6-10-15(19)11-7-13/h4-11H,1-3H3,(H,20,22)(H,21,23). The predicted molar refractivity (Wildman–Crippen MR) is 99.2 cm³/mol. The number of nitrogens with one attached hydrogen (secondary N) is 2. The summed E-state index contributed by atoms with van der Waals surface area (Å²) in [4.78, 5) is 24.0. The Morgan fingerprint density at radius 1 is 0.783 bits per heavy atom. The summed E-state index contributed by atoms with van der Waals surface area (Å²) in [6.45, 7) is 6.34. The molecule has 0 heterocycles. The fraction of sp³-hybridized carbons (Fsp3) is 0.222. The number of carbonyl (C=O) groups excluding carboxylic acids is 2. The van der Waals surface area contributed by atoms with Crippen molar-refractivity contribution in [2.24, 2.45) is 0 Å². The van der Waals surface area contributed by atoms with Crippen LogP contribution < -0.4 is 10.9 Å². The maximum Gasteiger partial charge on any atom is 0.269 e. The second-order valence-electron chi connectivity index (χ2n) is 6.24. The molecule has 0 saturated carbocycles. The average Bonchev–Trinajstić information content (AvgIpc) is 2.52. The summed E-state index contributed by atoms with van der Waals surface area (Å²) in [6.07, 6.45) is 0. The van der Waals surface area contributed by atoms with Gasteiger partial charge in [0.25, 0.3) is 11.8 Å². The molecule has 0 aliphatic carbocycles. The molecule has 2 rings (SSSR count). The van der Waals surface area contributed by atoms with E-state index < -0.39 is 0 Å². The Morgan fingerprint density at radius 3 is 1.57 bits per heavy atom. The van der Waals surface area contributed by atoms with E-state index in [9.17, 15) is 9.59 Å². The Labute approximate surface area is 149 Å². The zero-order valence-corrected chi connectivity index (χ0v) is 15.5. The number of hydrogen-bond acceptors (Lipinski definition) is 2. The number of hydrogen-bond donors (Lipinski definition) is 2. The van der Waals surface area contributed by atoms with E-state index in [1.54, 1.807) is 24.3 Å². The zero-order chi connectivity index (χ0) is 17.0. The van der Waals surface area contributed by atoms with Crippen molar-refractivity contribution in [2.75, 3.05) is 0 Å². The van der Waals surface area contributed by atoms with E-state index >= 15 is 0 Å². The van der Waals surface area contributed by atoms with Crippen LogP contribution in [0.4, 0.5) is 0 Å². The summed E-state index contributed by atoms with van der Waals surface area (Å²) >= 11 is 2.17. The van der Waals surface area contributed by atoms with Crippen LogP contribution in [0.1, 0.15) is 47.1 Å². The molecule has 0 unspecified atom stereocenters. The van der Waals surface area contributed by atoms with E-state index in [1.807, 2.05) is 24.3 Å². The van der Waals surface area contributed by atoms with Gasteiger partial charge in [-0.15, -0.1) is 0 Å². The van der Waals surface area contributed by atoms with Crippen molar-refractivity contribution in [2.45, 2.75) is 26.2 Å². The maximum atomic E-state index is 12.1. The summed E-state index contributed by atoms with van der Waals surface area (Å²) < 4.78 is 1.04. The third kappa shape index (κ3) is 4.79. The van der Waals surface area contributed by atoms with E-state index in [2.05, 4.69) is 54.2 Å². The van der Waals surface area contributed by atoms with Crippen LogP contribution in [0.2, 0.25) is 0 Å². The summed E-state index contributed by atoms with van der Waals surface area (Å²) in [6, 6.07) is 14.5. The lowest BCUT2D eigenvalue weighted by Crippen LogP contribution is -2.41. The van der Waals surface area contributed by atoms with Crippen molar-refractivity contribution >= 4 is 34.4 Å². The van der Waals surface area contributed by atoms with Crippen molar-refractivity contribution in [3.05, 3.63) is 68.8 Å². The van der Waals surface area contributed by atoms with Crippen molar-refractivity contribution in [3.63, 3.8) is 0 Å². The van der Waals surface area contributed by atoms with Crippen molar-refractivity contribution in [3.8, 4) is 0 Å². The molecule has 0 atom stereocenters. The molecule has 2 N–H and O–H groups in total. The van der Waals surface area contributed by atoms with Crippen LogP contribution in [-0.2, 0) is 5.41 Å². The molecule has 0 aliphatic rings. The van der Waals surface area contributed by atoms with Crippen LogP contribution in [0.3, 0.4) is 0 Å². The molecule has 120 valence electrons. The lowest BCUT2D eigenvalue weighted by molar-refractivity contribution is 0.0846. The minimum absolute atomic E-state index is 0.0358. The van der Waals surface area contributed by atoms with E-state index in [0.717, 1.165) is 9.13 Å². The maximum absolute atomic E-state index is 12.1. The Hall–Kier alpha value is -1.89. The average molecular weight is 422 g/mol. The van der Waals surface area contributed by atoms with Crippen LogP contribution in [0, 0.1) is 3.57 Å². The van der Waals surface area contributed by atoms with Gasteiger partial charge in [-0.1, -0.05) is 32.9 Å². The number of rotatable bonds is 2. The Bertz CT molecular complexity index is 701. The second kappa shape index (κ2) is 7.12. The molecular weight excluding hydrogens is 403 g/mol. The molecule has 0 aliphatic heterocycles. The fourth-order valence-electron chi connectivity index (χ4n) is 1.98. The smallest absolute Gasteiger partial charge is 0.267 e. The van der Waals surface area contributed by atoms with Gasteiger partial charge >= 0.3 is 0 Å². The Balaban J connectivity index is 1.97. The third-order valence-electron chi connectivity index (χ3n) is 3.41. The molecule has 23 heavy (non-hydrogen) atoms. The Kier molecular flexibility index (Phi) is 5.41. The van der Waals surface area contributed by atoms with E-state index in [1.165, 1.54) is 0 Å². The Morgan fingerprint density at radius 2 is 1.17 bits per heavy atom. The first-order chi connectivity index (χ1) is 10.8. The highest BCUT2D eigenvalue weighted by Gasteiger charge is 2.14. The van der Waals surface area contributed by atoms with Gasteiger partial charge < -0.3 is 0 Å². The largest absolute Gasteiger partial charge is 0.269 e. The normalized spacial score (nSPS) is 11.0. The number of amides is 2. The minimum Gasteiger partial charge on any atom is -0.267 e. The molecule has 0 spiro atoms. The van der Waals surface area contributed by atoms with E-state index in [-0.39, 0.29) is 17.2 Å². The summed E-state index contributed by atoms with van der Waals surface area (Å²) in [5, 5.41) is 0. The molecule has 0 fully saturated rings. The molecule has 2 aromatic carbocycles. The second-order valence-corrected chi connectivity index (χ2v) is 7.49. The van der Waals surface area contributed by atoms with Gasteiger partial charge in [-0.25, -0.2) is 0 Å². The minimum atomic E-state index is -0.346. The van der Waals surface area contributed by atoms with Crippen LogP contribution in [0.25, 0.3) is 0 Å². The van der Waals surface area contributed by atoms with Crippen LogP contribution in [-0.4, -0.2) is 11.8 Å². The molecule has 0 aromatic heterocycles. The first-order valence-electron chi connectivity index (χ1n) is 7.24. The first kappa shape index (κ1) is 17.5. The van der Waals surface area contributed by atoms with E-state index in [0.29, 0.717) is 11.1 Å². The molecule has 5 heteroatoms.